The van der Waals surface area contributed by atoms with Gasteiger partial charge in [-0.1, -0.05) is 0 Å². The van der Waals surface area contributed by atoms with Crippen molar-refractivity contribution in [3.05, 3.63) is 18.2 Å². The van der Waals surface area contributed by atoms with Crippen molar-refractivity contribution in [3.8, 4) is 0 Å². The summed E-state index contributed by atoms with van der Waals surface area (Å²) in [6, 6.07) is -1.19. The van der Waals surface area contributed by atoms with Gasteiger partial charge in [-0.2, -0.15) is 0 Å². The zero-order chi connectivity index (χ0) is 18.4. The first kappa shape index (κ1) is 17.7. The molecule has 0 radical (unpaired) electrons. The van der Waals surface area contributed by atoms with Crippen LogP contribution < -0.4 is 0 Å². The molecule has 0 aliphatic carbocycles. The molecule has 138 valence electrons. The Kier molecular flexibility index (Phi) is 4.48. The summed E-state index contributed by atoms with van der Waals surface area (Å²) in [5, 5.41) is 0. The minimum atomic E-state index is -3.28. The van der Waals surface area contributed by atoms with Crippen LogP contribution in [0.5, 0.6) is 0 Å². The largest absolute Gasteiger partial charge is 0.333 e. The maximum atomic E-state index is 12.8. The molecule has 2 fully saturated rings. The molecule has 0 spiro atoms. The van der Waals surface area contributed by atoms with Crippen LogP contribution in [0.2, 0.25) is 0 Å². The second-order valence-electron chi connectivity index (χ2n) is 6.77. The summed E-state index contributed by atoms with van der Waals surface area (Å²) < 4.78 is 26.1. The van der Waals surface area contributed by atoms with Gasteiger partial charge in [-0.3, -0.25) is 4.79 Å². The highest BCUT2D eigenvalue weighted by molar-refractivity contribution is 7.91. The van der Waals surface area contributed by atoms with Gasteiger partial charge < -0.3 is 19.3 Å². The zero-order valence-corrected chi connectivity index (χ0v) is 15.4. The smallest absolute Gasteiger partial charge is 0.319 e. The van der Waals surface area contributed by atoms with Crippen molar-refractivity contribution in [1.29, 1.82) is 0 Å². The van der Waals surface area contributed by atoms with E-state index in [2.05, 4.69) is 4.98 Å². The summed E-state index contributed by atoms with van der Waals surface area (Å²) in [7, 11) is -0.00499. The molecule has 1 aromatic rings. The summed E-state index contributed by atoms with van der Waals surface area (Å²) in [6.45, 7) is 2.60. The van der Waals surface area contributed by atoms with Gasteiger partial charge in [0.05, 0.1) is 23.6 Å². The van der Waals surface area contributed by atoms with Gasteiger partial charge in [-0.05, 0) is 6.92 Å². The molecule has 25 heavy (non-hydrogen) atoms. The van der Waals surface area contributed by atoms with Gasteiger partial charge in [0.1, 0.15) is 12.4 Å². The fraction of sp³-hybridized carbons (Fsp3) is 0.667. The van der Waals surface area contributed by atoms with Crippen molar-refractivity contribution in [3.63, 3.8) is 0 Å². The molecule has 2 aliphatic heterocycles. The topological polar surface area (TPSA) is 95.8 Å². The van der Waals surface area contributed by atoms with Crippen LogP contribution in [0.4, 0.5) is 4.79 Å². The van der Waals surface area contributed by atoms with Gasteiger partial charge in [0.2, 0.25) is 5.91 Å². The molecule has 3 heterocycles. The van der Waals surface area contributed by atoms with E-state index < -0.39 is 21.9 Å². The Morgan fingerprint density at radius 1 is 1.20 bits per heavy atom. The zero-order valence-electron chi connectivity index (χ0n) is 14.6. The number of hydrogen-bond donors (Lipinski definition) is 0. The number of fused-ring (bicyclic) bond motifs is 1. The molecule has 10 heteroatoms. The predicted molar refractivity (Wildman–Crippen MR) is 90.7 cm³/mol. The standard InChI is InChI=1S/C15H23N5O4S/c1-11-16-4-5-18(11)8-14(21)19-6-7-20(15(22)17(2)3)13-10-25(23,24)9-12(13)19/h4-5,12-13H,6-10H2,1-3H3. The Hall–Kier alpha value is -2.10. The third-order valence-corrected chi connectivity index (χ3v) is 6.55. The number of aryl methyl sites for hydroxylation is 1. The van der Waals surface area contributed by atoms with Crippen molar-refractivity contribution in [2.24, 2.45) is 0 Å². The molecule has 2 unspecified atom stereocenters. The Morgan fingerprint density at radius 2 is 1.80 bits per heavy atom. The summed E-state index contributed by atoms with van der Waals surface area (Å²) in [5.41, 5.74) is 0. The maximum Gasteiger partial charge on any atom is 0.319 e. The molecule has 2 atom stereocenters. The molecule has 2 aliphatic rings. The molecule has 9 nitrogen and oxygen atoms in total. The minimum absolute atomic E-state index is 0.0921. The lowest BCUT2D eigenvalue weighted by atomic mass is 10.0. The summed E-state index contributed by atoms with van der Waals surface area (Å²) in [4.78, 5) is 33.9. The lowest BCUT2D eigenvalue weighted by Crippen LogP contribution is -2.63. The van der Waals surface area contributed by atoms with E-state index in [1.165, 1.54) is 4.90 Å². The van der Waals surface area contributed by atoms with E-state index in [0.29, 0.717) is 13.1 Å². The van der Waals surface area contributed by atoms with Crippen LogP contribution in [0.1, 0.15) is 5.82 Å². The Labute approximate surface area is 147 Å². The molecule has 2 saturated heterocycles. The molecule has 0 aromatic carbocycles. The molecule has 1 aromatic heterocycles. The molecule has 3 rings (SSSR count). The van der Waals surface area contributed by atoms with Crippen molar-refractivity contribution < 1.29 is 18.0 Å². The Bertz CT molecular complexity index is 788. The number of imidazole rings is 1. The molecular weight excluding hydrogens is 346 g/mol. The first-order chi connectivity index (χ1) is 11.7. The fourth-order valence-corrected chi connectivity index (χ4v) is 5.55. The van der Waals surface area contributed by atoms with Crippen LogP contribution in [0.25, 0.3) is 0 Å². The van der Waals surface area contributed by atoms with Crippen molar-refractivity contribution in [2.75, 3.05) is 38.7 Å². The van der Waals surface area contributed by atoms with Crippen LogP contribution in [0, 0.1) is 6.92 Å². The van der Waals surface area contributed by atoms with E-state index in [0.717, 1.165) is 5.82 Å². The third kappa shape index (κ3) is 3.35. The molecule has 0 saturated carbocycles. The number of carbonyl (C=O) groups is 2. The van der Waals surface area contributed by atoms with E-state index in [9.17, 15) is 18.0 Å². The van der Waals surface area contributed by atoms with E-state index >= 15 is 0 Å². The summed E-state index contributed by atoms with van der Waals surface area (Å²) >= 11 is 0. The summed E-state index contributed by atoms with van der Waals surface area (Å²) in [6.07, 6.45) is 3.35. The molecule has 3 amide bonds. The van der Waals surface area contributed by atoms with E-state index in [1.54, 1.807) is 40.9 Å². The van der Waals surface area contributed by atoms with E-state index in [1.807, 2.05) is 6.92 Å². The van der Waals surface area contributed by atoms with Gasteiger partial charge >= 0.3 is 6.03 Å². The third-order valence-electron chi connectivity index (χ3n) is 4.85. The van der Waals surface area contributed by atoms with Gasteiger partial charge in [0.25, 0.3) is 0 Å². The number of carbonyl (C=O) groups excluding carboxylic acids is 2. The lowest BCUT2D eigenvalue weighted by Gasteiger charge is -2.44. The molecule has 0 N–H and O–H groups in total. The van der Waals surface area contributed by atoms with Crippen LogP contribution in [0.3, 0.4) is 0 Å². The van der Waals surface area contributed by atoms with E-state index in [-0.39, 0.29) is 30.0 Å². The predicted octanol–water partition coefficient (Wildman–Crippen LogP) is -0.817. The SMILES string of the molecule is Cc1nccn1CC(=O)N1CCN(C(=O)N(C)C)C2CS(=O)(=O)CC21. The van der Waals surface area contributed by atoms with Crippen LogP contribution in [0.15, 0.2) is 12.4 Å². The average molecular weight is 369 g/mol. The number of piperazine rings is 1. The molecular formula is C15H23N5O4S. The number of aromatic nitrogens is 2. The van der Waals surface area contributed by atoms with E-state index in [4.69, 9.17) is 0 Å². The maximum absolute atomic E-state index is 12.8. The van der Waals surface area contributed by atoms with Crippen molar-refractivity contribution >= 4 is 21.8 Å². The second-order valence-corrected chi connectivity index (χ2v) is 8.93. The van der Waals surface area contributed by atoms with Gasteiger partial charge in [-0.25, -0.2) is 18.2 Å². The van der Waals surface area contributed by atoms with Crippen LogP contribution in [-0.4, -0.2) is 95.4 Å². The highest BCUT2D eigenvalue weighted by atomic mass is 32.2. The Balaban J connectivity index is 1.82. The van der Waals surface area contributed by atoms with Crippen molar-refractivity contribution in [1.82, 2.24) is 24.3 Å². The number of amides is 3. The van der Waals surface area contributed by atoms with Crippen molar-refractivity contribution in [2.45, 2.75) is 25.6 Å². The normalized spacial score (nSPS) is 24.9. The highest BCUT2D eigenvalue weighted by Crippen LogP contribution is 2.28. The second kappa shape index (κ2) is 6.32. The number of sulfone groups is 1. The quantitative estimate of drug-likeness (QED) is 0.679. The highest BCUT2D eigenvalue weighted by Gasteiger charge is 2.49. The monoisotopic (exact) mass is 369 g/mol. The van der Waals surface area contributed by atoms with Gasteiger partial charge in [0.15, 0.2) is 9.84 Å². The number of rotatable bonds is 2. The van der Waals surface area contributed by atoms with Crippen LogP contribution in [-0.2, 0) is 21.2 Å². The van der Waals surface area contributed by atoms with Crippen LogP contribution >= 0.6 is 0 Å². The number of nitrogens with zero attached hydrogens (tertiary/aromatic N) is 5. The first-order valence-corrected chi connectivity index (χ1v) is 9.97. The minimum Gasteiger partial charge on any atom is -0.333 e. The summed E-state index contributed by atoms with van der Waals surface area (Å²) in [5.74, 6) is 0.393. The number of hydrogen-bond acceptors (Lipinski definition) is 5. The Morgan fingerprint density at radius 3 is 2.36 bits per heavy atom. The lowest BCUT2D eigenvalue weighted by molar-refractivity contribution is -0.137. The molecule has 0 bridgehead atoms. The first-order valence-electron chi connectivity index (χ1n) is 8.15. The van der Waals surface area contributed by atoms with Gasteiger partial charge in [0, 0.05) is 39.6 Å². The van der Waals surface area contributed by atoms with Gasteiger partial charge in [-0.15, -0.1) is 0 Å². The number of urea groups is 1. The fourth-order valence-electron chi connectivity index (χ4n) is 3.56. The average Bonchev–Trinajstić information content (AvgIpc) is 3.07.